The normalized spacial score (nSPS) is 14.0. The molecule has 0 heterocycles. The first-order valence-electron chi connectivity index (χ1n) is 9.18. The molecule has 1 saturated carbocycles. The highest BCUT2D eigenvalue weighted by atomic mass is 79.9. The molecule has 30 heavy (non-hydrogen) atoms. The average Bonchev–Trinajstić information content (AvgIpc) is 3.51. The topological polar surface area (TPSA) is 113 Å². The molecule has 0 unspecified atom stereocenters. The third kappa shape index (κ3) is 4.76. The minimum Gasteiger partial charge on any atom is -0.507 e. The summed E-state index contributed by atoms with van der Waals surface area (Å²) in [5.74, 6) is -3.72. The molecule has 1 aliphatic rings. The van der Waals surface area contributed by atoms with Gasteiger partial charge in [-0.25, -0.2) is 12.8 Å². The maximum atomic E-state index is 15.0. The second-order valence-corrected chi connectivity index (χ2v) is 9.93. The van der Waals surface area contributed by atoms with E-state index in [2.05, 4.69) is 21.2 Å². The molecule has 162 valence electrons. The van der Waals surface area contributed by atoms with Crippen LogP contribution in [0.2, 0.25) is 0 Å². The van der Waals surface area contributed by atoms with Crippen LogP contribution in [0.3, 0.4) is 0 Å². The molecule has 1 aliphatic carbocycles. The van der Waals surface area contributed by atoms with E-state index in [4.69, 9.17) is 4.74 Å². The fraction of sp³-hybridized carbons (Fsp3) is 0.350. The number of halogens is 2. The van der Waals surface area contributed by atoms with Crippen molar-refractivity contribution in [2.45, 2.75) is 29.4 Å². The molecule has 0 aromatic heterocycles. The fourth-order valence-corrected chi connectivity index (χ4v) is 5.10. The van der Waals surface area contributed by atoms with E-state index in [-0.39, 0.29) is 35.1 Å². The molecule has 0 aliphatic heterocycles. The number of aromatic hydroxyl groups is 2. The third-order valence-electron chi connectivity index (χ3n) is 4.78. The lowest BCUT2D eigenvalue weighted by Crippen LogP contribution is -2.28. The SMILES string of the molecule is COCCNC(=O)c1c(O)c(CS(=O)(=O)c2cc(Br)ccc2O)cc(C2CC2)c1F. The molecular weight excluding hydrogens is 481 g/mol. The predicted molar refractivity (Wildman–Crippen MR) is 111 cm³/mol. The zero-order valence-corrected chi connectivity index (χ0v) is 18.5. The predicted octanol–water partition coefficient (Wildman–Crippen LogP) is 3.23. The molecule has 2 aromatic carbocycles. The smallest absolute Gasteiger partial charge is 0.258 e. The number of ether oxygens (including phenoxy) is 1. The standard InChI is InChI=1S/C20H21BrFNO6S/c1-29-7-6-23-20(26)17-18(22)14(11-2-3-11)8-12(19(17)25)10-30(27,28)16-9-13(21)4-5-15(16)24/h4-5,8-9,11,24-25H,2-3,6-7,10H2,1H3,(H,23,26). The highest BCUT2D eigenvalue weighted by Gasteiger charge is 2.33. The van der Waals surface area contributed by atoms with Crippen LogP contribution >= 0.6 is 15.9 Å². The second kappa shape index (κ2) is 8.91. The van der Waals surface area contributed by atoms with E-state index in [9.17, 15) is 27.8 Å². The van der Waals surface area contributed by atoms with Crippen molar-refractivity contribution in [3.63, 3.8) is 0 Å². The Morgan fingerprint density at radius 1 is 1.30 bits per heavy atom. The van der Waals surface area contributed by atoms with Gasteiger partial charge in [-0.05, 0) is 48.6 Å². The van der Waals surface area contributed by atoms with Crippen LogP contribution in [0.1, 0.15) is 40.2 Å². The molecule has 0 bridgehead atoms. The Labute approximate surface area is 181 Å². The van der Waals surface area contributed by atoms with Crippen molar-refractivity contribution in [1.82, 2.24) is 5.32 Å². The van der Waals surface area contributed by atoms with Gasteiger partial charge < -0.3 is 20.3 Å². The molecule has 1 amide bonds. The van der Waals surface area contributed by atoms with Crippen LogP contribution in [0.25, 0.3) is 0 Å². The number of phenolic OH excluding ortho intramolecular Hbond substituents is 2. The zero-order chi connectivity index (χ0) is 22.1. The van der Waals surface area contributed by atoms with Crippen molar-refractivity contribution in [2.24, 2.45) is 0 Å². The van der Waals surface area contributed by atoms with E-state index < -0.39 is 44.4 Å². The molecule has 1 fully saturated rings. The summed E-state index contributed by atoms with van der Waals surface area (Å²) < 4.78 is 46.1. The van der Waals surface area contributed by atoms with Crippen LogP contribution in [0.15, 0.2) is 33.6 Å². The second-order valence-electron chi connectivity index (χ2n) is 7.06. The van der Waals surface area contributed by atoms with Gasteiger partial charge >= 0.3 is 0 Å². The Morgan fingerprint density at radius 3 is 2.63 bits per heavy atom. The van der Waals surface area contributed by atoms with Crippen LogP contribution in [-0.2, 0) is 20.3 Å². The van der Waals surface area contributed by atoms with Crippen molar-refractivity contribution < 1.29 is 32.6 Å². The van der Waals surface area contributed by atoms with Gasteiger partial charge in [0.15, 0.2) is 9.84 Å². The summed E-state index contributed by atoms with van der Waals surface area (Å²) in [6.07, 6.45) is 1.43. The largest absolute Gasteiger partial charge is 0.507 e. The number of phenols is 2. The Kier molecular flexibility index (Phi) is 6.68. The number of hydrogen-bond donors (Lipinski definition) is 3. The summed E-state index contributed by atoms with van der Waals surface area (Å²) in [6, 6.07) is 5.25. The van der Waals surface area contributed by atoms with Gasteiger partial charge in [-0.15, -0.1) is 0 Å². The zero-order valence-electron chi connectivity index (χ0n) is 16.1. The van der Waals surface area contributed by atoms with Crippen LogP contribution in [0.4, 0.5) is 4.39 Å². The lowest BCUT2D eigenvalue weighted by Gasteiger charge is -2.15. The van der Waals surface area contributed by atoms with Crippen LogP contribution in [0, 0.1) is 5.82 Å². The summed E-state index contributed by atoms with van der Waals surface area (Å²) in [7, 11) is -2.66. The van der Waals surface area contributed by atoms with Crippen molar-refractivity contribution in [3.8, 4) is 11.5 Å². The van der Waals surface area contributed by atoms with Crippen molar-refractivity contribution >= 4 is 31.7 Å². The van der Waals surface area contributed by atoms with E-state index in [0.29, 0.717) is 17.3 Å². The number of amides is 1. The fourth-order valence-electron chi connectivity index (χ4n) is 3.11. The van der Waals surface area contributed by atoms with E-state index >= 15 is 0 Å². The average molecular weight is 502 g/mol. The molecule has 2 aromatic rings. The summed E-state index contributed by atoms with van der Waals surface area (Å²) in [6.45, 7) is 0.293. The highest BCUT2D eigenvalue weighted by molar-refractivity contribution is 9.10. The van der Waals surface area contributed by atoms with E-state index in [1.165, 1.54) is 31.4 Å². The summed E-state index contributed by atoms with van der Waals surface area (Å²) in [5, 5.41) is 23.0. The number of nitrogens with one attached hydrogen (secondary N) is 1. The van der Waals surface area contributed by atoms with Gasteiger partial charge in [0.2, 0.25) is 0 Å². The minimum absolute atomic E-state index is 0.0986. The van der Waals surface area contributed by atoms with Crippen LogP contribution < -0.4 is 5.32 Å². The van der Waals surface area contributed by atoms with Crippen LogP contribution in [-0.4, -0.2) is 44.8 Å². The molecule has 3 N–H and O–H groups in total. The summed E-state index contributed by atoms with van der Waals surface area (Å²) in [4.78, 5) is 12.1. The number of hydrogen-bond acceptors (Lipinski definition) is 6. The molecule has 3 rings (SSSR count). The third-order valence-corrected chi connectivity index (χ3v) is 6.96. The Hall–Kier alpha value is -2.17. The van der Waals surface area contributed by atoms with Crippen molar-refractivity contribution in [1.29, 1.82) is 0 Å². The molecule has 0 atom stereocenters. The first kappa shape index (κ1) is 22.5. The number of sulfone groups is 1. The first-order chi connectivity index (χ1) is 14.2. The molecular formula is C20H21BrFNO6S. The molecule has 0 saturated heterocycles. The van der Waals surface area contributed by atoms with Crippen molar-refractivity contribution in [3.05, 3.63) is 51.2 Å². The first-order valence-corrected chi connectivity index (χ1v) is 11.6. The Bertz CT molecular complexity index is 1090. The lowest BCUT2D eigenvalue weighted by molar-refractivity contribution is 0.0929. The van der Waals surface area contributed by atoms with Gasteiger partial charge in [-0.2, -0.15) is 0 Å². The van der Waals surface area contributed by atoms with Gasteiger partial charge in [-0.1, -0.05) is 15.9 Å². The lowest BCUT2D eigenvalue weighted by atomic mass is 10.00. The van der Waals surface area contributed by atoms with Gasteiger partial charge in [-0.3, -0.25) is 4.79 Å². The van der Waals surface area contributed by atoms with Gasteiger partial charge in [0.25, 0.3) is 5.91 Å². The quantitative estimate of drug-likeness (QED) is 0.478. The number of carbonyl (C=O) groups excluding carboxylic acids is 1. The Morgan fingerprint density at radius 2 is 2.00 bits per heavy atom. The minimum atomic E-state index is -4.10. The molecule has 0 radical (unpaired) electrons. The molecule has 10 heteroatoms. The van der Waals surface area contributed by atoms with Crippen molar-refractivity contribution in [2.75, 3.05) is 20.3 Å². The maximum absolute atomic E-state index is 15.0. The summed E-state index contributed by atoms with van der Waals surface area (Å²) in [5.41, 5.74) is -0.484. The number of carbonyl (C=O) groups is 1. The monoisotopic (exact) mass is 501 g/mol. The van der Waals surface area contributed by atoms with E-state index in [0.717, 1.165) is 0 Å². The van der Waals surface area contributed by atoms with Crippen LogP contribution in [0.5, 0.6) is 11.5 Å². The highest BCUT2D eigenvalue weighted by Crippen LogP contribution is 2.45. The maximum Gasteiger partial charge on any atom is 0.258 e. The molecule has 7 nitrogen and oxygen atoms in total. The number of methoxy groups -OCH3 is 1. The van der Waals surface area contributed by atoms with E-state index in [1.54, 1.807) is 0 Å². The van der Waals surface area contributed by atoms with E-state index in [1.807, 2.05) is 0 Å². The summed E-state index contributed by atoms with van der Waals surface area (Å²) >= 11 is 3.16. The van der Waals surface area contributed by atoms with Gasteiger partial charge in [0.1, 0.15) is 27.8 Å². The van der Waals surface area contributed by atoms with Gasteiger partial charge in [0.05, 0.1) is 12.4 Å². The number of benzene rings is 2. The van der Waals surface area contributed by atoms with Gasteiger partial charge in [0, 0.05) is 23.7 Å². The Balaban J connectivity index is 2.04. The number of rotatable bonds is 8. The molecule has 0 spiro atoms.